The lowest BCUT2D eigenvalue weighted by Crippen LogP contribution is -2.24. The molecule has 0 N–H and O–H groups in total. The Morgan fingerprint density at radius 1 is 1.00 bits per heavy atom. The molecule has 0 fully saturated rings. The summed E-state index contributed by atoms with van der Waals surface area (Å²) in [5.74, 6) is 5.51. The summed E-state index contributed by atoms with van der Waals surface area (Å²) in [4.78, 5) is 23.7. The minimum absolute atomic E-state index is 0.170. The van der Waals surface area contributed by atoms with Crippen molar-refractivity contribution >= 4 is 11.9 Å². The van der Waals surface area contributed by atoms with Crippen LogP contribution in [0.1, 0.15) is 85.5 Å². The molecule has 2 unspecified atom stereocenters. The molecule has 0 bridgehead atoms. The molecule has 0 aliphatic carbocycles. The van der Waals surface area contributed by atoms with Gasteiger partial charge in [0.05, 0.1) is 6.61 Å². The minimum Gasteiger partial charge on any atom is -0.466 e. The molecule has 0 saturated heterocycles. The van der Waals surface area contributed by atoms with Gasteiger partial charge in [0, 0.05) is 18.8 Å². The van der Waals surface area contributed by atoms with E-state index in [0.29, 0.717) is 13.0 Å². The first-order chi connectivity index (χ1) is 12.4. The number of allylic oxidation sites excluding steroid dienone is 1. The van der Waals surface area contributed by atoms with Crippen molar-refractivity contribution in [2.45, 2.75) is 91.6 Å². The lowest BCUT2D eigenvalue weighted by atomic mass is 9.99. The smallest absolute Gasteiger partial charge is 0.307 e. The molecule has 4 heteroatoms. The summed E-state index contributed by atoms with van der Waals surface area (Å²) in [6.07, 6.45) is 6.71. The lowest BCUT2D eigenvalue weighted by Gasteiger charge is -2.19. The van der Waals surface area contributed by atoms with Crippen LogP contribution in [-0.4, -0.2) is 24.6 Å². The molecule has 0 radical (unpaired) electrons. The Labute approximate surface area is 159 Å². The van der Waals surface area contributed by atoms with Gasteiger partial charge in [-0.3, -0.25) is 9.59 Å². The zero-order valence-electron chi connectivity index (χ0n) is 17.1. The van der Waals surface area contributed by atoms with Crippen molar-refractivity contribution < 1.29 is 19.1 Å². The second kappa shape index (κ2) is 15.5. The Balaban J connectivity index is 4.17. The predicted molar refractivity (Wildman–Crippen MR) is 105 cm³/mol. The third-order valence-corrected chi connectivity index (χ3v) is 3.97. The predicted octanol–water partition coefficient (Wildman–Crippen LogP) is 5.21. The summed E-state index contributed by atoms with van der Waals surface area (Å²) >= 11 is 0. The molecule has 148 valence electrons. The highest BCUT2D eigenvalue weighted by Gasteiger charge is 2.19. The topological polar surface area (TPSA) is 52.6 Å². The van der Waals surface area contributed by atoms with Crippen molar-refractivity contribution in [1.29, 1.82) is 0 Å². The van der Waals surface area contributed by atoms with E-state index in [4.69, 9.17) is 9.47 Å². The Morgan fingerprint density at radius 2 is 1.69 bits per heavy atom. The van der Waals surface area contributed by atoms with Crippen molar-refractivity contribution in [1.82, 2.24) is 0 Å². The van der Waals surface area contributed by atoms with E-state index in [2.05, 4.69) is 32.3 Å². The van der Waals surface area contributed by atoms with E-state index in [9.17, 15) is 9.59 Å². The van der Waals surface area contributed by atoms with Gasteiger partial charge in [-0.05, 0) is 31.8 Å². The fourth-order valence-corrected chi connectivity index (χ4v) is 2.45. The molecule has 26 heavy (non-hydrogen) atoms. The molecule has 2 atom stereocenters. The molecule has 0 aromatic heterocycles. The first kappa shape index (κ1) is 24.2. The molecule has 0 rings (SSSR count). The number of carbonyl (C=O) groups is 2. The van der Waals surface area contributed by atoms with Crippen molar-refractivity contribution in [3.8, 4) is 11.8 Å². The zero-order valence-corrected chi connectivity index (χ0v) is 17.1. The number of unbranched alkanes of at least 4 members (excludes halogenated alkanes) is 3. The van der Waals surface area contributed by atoms with Gasteiger partial charge in [0.2, 0.25) is 0 Å². The van der Waals surface area contributed by atoms with Gasteiger partial charge in [-0.25, -0.2) is 0 Å². The van der Waals surface area contributed by atoms with Crippen LogP contribution in [0.3, 0.4) is 0 Å². The lowest BCUT2D eigenvalue weighted by molar-refractivity contribution is -0.149. The first-order valence-corrected chi connectivity index (χ1v) is 9.92. The molecule has 0 aliphatic rings. The van der Waals surface area contributed by atoms with Crippen LogP contribution in [0, 0.1) is 17.8 Å². The van der Waals surface area contributed by atoms with E-state index in [1.165, 1.54) is 0 Å². The SMILES string of the molecule is C=C(C)C#CC(OC(=O)CCCC(=O)OCCCCCC)C(C)CCC. The molecule has 0 aromatic carbocycles. The van der Waals surface area contributed by atoms with E-state index in [1.54, 1.807) is 0 Å². The van der Waals surface area contributed by atoms with Gasteiger partial charge in [0.1, 0.15) is 0 Å². The molecular weight excluding hydrogens is 328 g/mol. The summed E-state index contributed by atoms with van der Waals surface area (Å²) in [7, 11) is 0. The molecule has 0 amide bonds. The summed E-state index contributed by atoms with van der Waals surface area (Å²) in [6, 6.07) is 0. The van der Waals surface area contributed by atoms with E-state index in [-0.39, 0.29) is 30.7 Å². The summed E-state index contributed by atoms with van der Waals surface area (Å²) < 4.78 is 10.7. The highest BCUT2D eigenvalue weighted by Crippen LogP contribution is 2.15. The van der Waals surface area contributed by atoms with Crippen LogP contribution in [-0.2, 0) is 19.1 Å². The van der Waals surface area contributed by atoms with Gasteiger partial charge < -0.3 is 9.47 Å². The highest BCUT2D eigenvalue weighted by atomic mass is 16.5. The van der Waals surface area contributed by atoms with E-state index < -0.39 is 6.10 Å². The van der Waals surface area contributed by atoms with E-state index in [1.807, 2.05) is 13.8 Å². The Morgan fingerprint density at radius 3 is 2.31 bits per heavy atom. The second-order valence-electron chi connectivity index (χ2n) is 6.86. The van der Waals surface area contributed by atoms with Gasteiger partial charge >= 0.3 is 11.9 Å². The maximum absolute atomic E-state index is 12.1. The van der Waals surface area contributed by atoms with Crippen molar-refractivity contribution in [3.63, 3.8) is 0 Å². The fraction of sp³-hybridized carbons (Fsp3) is 0.727. The number of carbonyl (C=O) groups excluding carboxylic acids is 2. The standard InChI is InChI=1S/C22H36O4/c1-6-8-9-10-17-25-21(23)13-11-14-22(24)26-20(16-15-18(3)4)19(5)12-7-2/h19-20H,3,6-14,17H2,1-2,4-5H3. The van der Waals surface area contributed by atoms with Crippen LogP contribution >= 0.6 is 0 Å². The molecule has 4 nitrogen and oxygen atoms in total. The van der Waals surface area contributed by atoms with E-state index >= 15 is 0 Å². The number of rotatable bonds is 13. The van der Waals surface area contributed by atoms with E-state index in [0.717, 1.165) is 44.1 Å². The number of ether oxygens (including phenoxy) is 2. The molecule has 0 saturated carbocycles. The van der Waals surface area contributed by atoms with Gasteiger partial charge in [0.25, 0.3) is 0 Å². The normalized spacial score (nSPS) is 12.5. The van der Waals surface area contributed by atoms with Crippen LogP contribution in [0.15, 0.2) is 12.2 Å². The Kier molecular flexibility index (Phi) is 14.4. The van der Waals surface area contributed by atoms with Crippen LogP contribution in [0.2, 0.25) is 0 Å². The number of esters is 2. The van der Waals surface area contributed by atoms with Crippen LogP contribution in [0.5, 0.6) is 0 Å². The van der Waals surface area contributed by atoms with Crippen LogP contribution in [0.4, 0.5) is 0 Å². The number of hydrogen-bond acceptors (Lipinski definition) is 4. The zero-order chi connectivity index (χ0) is 19.8. The Hall–Kier alpha value is -1.76. The fourth-order valence-electron chi connectivity index (χ4n) is 2.45. The van der Waals surface area contributed by atoms with Crippen molar-refractivity contribution in [2.75, 3.05) is 6.61 Å². The molecular formula is C22H36O4. The average molecular weight is 365 g/mol. The minimum atomic E-state index is -0.426. The number of hydrogen-bond donors (Lipinski definition) is 0. The quantitative estimate of drug-likeness (QED) is 0.256. The third-order valence-electron chi connectivity index (χ3n) is 3.97. The van der Waals surface area contributed by atoms with Crippen LogP contribution in [0.25, 0.3) is 0 Å². The first-order valence-electron chi connectivity index (χ1n) is 9.92. The van der Waals surface area contributed by atoms with Gasteiger partial charge in [0.15, 0.2) is 6.10 Å². The average Bonchev–Trinajstić information content (AvgIpc) is 2.58. The maximum Gasteiger partial charge on any atom is 0.307 e. The van der Waals surface area contributed by atoms with Crippen molar-refractivity contribution in [2.24, 2.45) is 5.92 Å². The monoisotopic (exact) mass is 364 g/mol. The molecule has 0 spiro atoms. The maximum atomic E-state index is 12.1. The third kappa shape index (κ3) is 13.5. The molecule has 0 aliphatic heterocycles. The Bertz CT molecular complexity index is 484. The van der Waals surface area contributed by atoms with Gasteiger partial charge in [-0.15, -0.1) is 0 Å². The largest absolute Gasteiger partial charge is 0.466 e. The summed E-state index contributed by atoms with van der Waals surface area (Å²) in [6.45, 7) is 12.3. The molecule has 0 aromatic rings. The highest BCUT2D eigenvalue weighted by molar-refractivity contribution is 5.72. The second-order valence-corrected chi connectivity index (χ2v) is 6.86. The van der Waals surface area contributed by atoms with Crippen molar-refractivity contribution in [3.05, 3.63) is 12.2 Å². The summed E-state index contributed by atoms with van der Waals surface area (Å²) in [5.41, 5.74) is 0.747. The van der Waals surface area contributed by atoms with Gasteiger partial charge in [-0.1, -0.05) is 64.9 Å². The van der Waals surface area contributed by atoms with Crippen LogP contribution < -0.4 is 0 Å². The molecule has 0 heterocycles. The van der Waals surface area contributed by atoms with Gasteiger partial charge in [-0.2, -0.15) is 0 Å². The summed E-state index contributed by atoms with van der Waals surface area (Å²) in [5, 5.41) is 0.